The van der Waals surface area contributed by atoms with Gasteiger partial charge < -0.3 is 18.9 Å². The van der Waals surface area contributed by atoms with Crippen molar-refractivity contribution in [2.45, 2.75) is 26.7 Å². The van der Waals surface area contributed by atoms with Gasteiger partial charge in [-0.2, -0.15) is 0 Å². The molecule has 0 spiro atoms. The molecule has 0 N–H and O–H groups in total. The number of rotatable bonds is 11. The molecule has 0 aliphatic rings. The molecule has 0 aromatic heterocycles. The van der Waals surface area contributed by atoms with Gasteiger partial charge in [0.1, 0.15) is 25.6 Å². The van der Waals surface area contributed by atoms with Crippen molar-refractivity contribution in [2.75, 3.05) is 7.11 Å². The van der Waals surface area contributed by atoms with Crippen LogP contribution in [-0.2, 0) is 34.0 Å². The molecule has 5 rings (SSSR count). The SMILES string of the molecule is COC(=O)c1ccc(-c2ccc(OCc3ccc(COC(=O)c4ccccc4)c(COC(=O)c4ccccc4)c3)cc2)c(C)c1. The van der Waals surface area contributed by atoms with E-state index < -0.39 is 11.9 Å². The average Bonchev–Trinajstić information content (AvgIpc) is 3.09. The van der Waals surface area contributed by atoms with Crippen LogP contribution in [0.25, 0.3) is 11.1 Å². The molecule has 0 aliphatic carbocycles. The van der Waals surface area contributed by atoms with Gasteiger partial charge in [-0.15, -0.1) is 0 Å². The van der Waals surface area contributed by atoms with Crippen molar-refractivity contribution in [3.05, 3.63) is 160 Å². The molecule has 7 nitrogen and oxygen atoms in total. The van der Waals surface area contributed by atoms with Crippen molar-refractivity contribution in [3.63, 3.8) is 0 Å². The average molecular weight is 601 g/mol. The van der Waals surface area contributed by atoms with Crippen LogP contribution in [-0.4, -0.2) is 25.0 Å². The minimum Gasteiger partial charge on any atom is -0.489 e. The van der Waals surface area contributed by atoms with E-state index in [-0.39, 0.29) is 25.8 Å². The predicted molar refractivity (Wildman–Crippen MR) is 170 cm³/mol. The fourth-order valence-corrected chi connectivity index (χ4v) is 4.78. The van der Waals surface area contributed by atoms with Gasteiger partial charge in [-0.1, -0.05) is 66.7 Å². The Morgan fingerprint density at radius 3 is 1.73 bits per heavy atom. The standard InChI is InChI=1S/C38H32O7/c1-26-21-31(36(39)42-2)17-20-35(26)28-15-18-34(19-16-28)43-23-27-13-14-32(24-44-37(40)29-9-5-3-6-10-29)33(22-27)25-45-38(41)30-11-7-4-8-12-30/h3-22H,23-25H2,1-2H3. The summed E-state index contributed by atoms with van der Waals surface area (Å²) in [6.07, 6.45) is 0. The van der Waals surface area contributed by atoms with E-state index in [1.807, 2.05) is 73.7 Å². The summed E-state index contributed by atoms with van der Waals surface area (Å²) in [4.78, 5) is 37.0. The van der Waals surface area contributed by atoms with E-state index in [0.717, 1.165) is 27.8 Å². The molecule has 0 bridgehead atoms. The van der Waals surface area contributed by atoms with E-state index in [0.29, 0.717) is 28.0 Å². The number of carbonyl (C=O) groups is 3. The Labute approximate surface area is 262 Å². The lowest BCUT2D eigenvalue weighted by Gasteiger charge is -2.14. The van der Waals surface area contributed by atoms with Crippen molar-refractivity contribution in [2.24, 2.45) is 0 Å². The van der Waals surface area contributed by atoms with Crippen LogP contribution in [0.2, 0.25) is 0 Å². The Hall–Kier alpha value is -5.69. The number of esters is 3. The fourth-order valence-electron chi connectivity index (χ4n) is 4.78. The zero-order valence-corrected chi connectivity index (χ0v) is 25.0. The molecular formula is C38H32O7. The summed E-state index contributed by atoms with van der Waals surface area (Å²) in [6, 6.07) is 36.4. The maximum Gasteiger partial charge on any atom is 0.338 e. The number of hydrogen-bond donors (Lipinski definition) is 0. The highest BCUT2D eigenvalue weighted by atomic mass is 16.5. The maximum absolute atomic E-state index is 12.6. The lowest BCUT2D eigenvalue weighted by Crippen LogP contribution is -2.10. The van der Waals surface area contributed by atoms with Gasteiger partial charge >= 0.3 is 17.9 Å². The van der Waals surface area contributed by atoms with Gasteiger partial charge in [-0.3, -0.25) is 0 Å². The summed E-state index contributed by atoms with van der Waals surface area (Å²) in [7, 11) is 1.37. The summed E-state index contributed by atoms with van der Waals surface area (Å²) < 4.78 is 22.1. The molecule has 0 heterocycles. The quantitative estimate of drug-likeness (QED) is 0.113. The van der Waals surface area contributed by atoms with Gasteiger partial charge in [-0.25, -0.2) is 14.4 Å². The van der Waals surface area contributed by atoms with Gasteiger partial charge in [0.15, 0.2) is 0 Å². The zero-order valence-electron chi connectivity index (χ0n) is 25.0. The van der Waals surface area contributed by atoms with Crippen molar-refractivity contribution in [1.29, 1.82) is 0 Å². The summed E-state index contributed by atoms with van der Waals surface area (Å²) in [5, 5.41) is 0. The molecule has 45 heavy (non-hydrogen) atoms. The van der Waals surface area contributed by atoms with Crippen LogP contribution >= 0.6 is 0 Å². The normalized spacial score (nSPS) is 10.5. The lowest BCUT2D eigenvalue weighted by molar-refractivity contribution is 0.0435. The van der Waals surface area contributed by atoms with Gasteiger partial charge in [0, 0.05) is 0 Å². The molecule has 226 valence electrons. The number of benzene rings is 5. The van der Waals surface area contributed by atoms with Crippen LogP contribution in [0.4, 0.5) is 0 Å². The third kappa shape index (κ3) is 8.03. The van der Waals surface area contributed by atoms with Gasteiger partial charge in [0.2, 0.25) is 0 Å². The first-order valence-electron chi connectivity index (χ1n) is 14.4. The molecule has 7 heteroatoms. The first-order valence-corrected chi connectivity index (χ1v) is 14.4. The summed E-state index contributed by atoms with van der Waals surface area (Å²) >= 11 is 0. The van der Waals surface area contributed by atoms with Crippen molar-refractivity contribution in [3.8, 4) is 16.9 Å². The van der Waals surface area contributed by atoms with Crippen LogP contribution in [0.1, 0.15) is 53.3 Å². The van der Waals surface area contributed by atoms with E-state index >= 15 is 0 Å². The van der Waals surface area contributed by atoms with Crippen LogP contribution in [0.3, 0.4) is 0 Å². The van der Waals surface area contributed by atoms with Crippen molar-refractivity contribution < 1.29 is 33.3 Å². The van der Waals surface area contributed by atoms with E-state index in [4.69, 9.17) is 18.9 Å². The molecule has 0 radical (unpaired) electrons. The molecule has 0 fully saturated rings. The molecule has 5 aromatic rings. The molecule has 5 aromatic carbocycles. The first kappa shape index (κ1) is 30.8. The Balaban J connectivity index is 1.27. The Morgan fingerprint density at radius 2 is 1.16 bits per heavy atom. The molecule has 0 amide bonds. The maximum atomic E-state index is 12.6. The minimum absolute atomic E-state index is 0.00258. The Morgan fingerprint density at radius 1 is 0.556 bits per heavy atom. The van der Waals surface area contributed by atoms with Crippen molar-refractivity contribution in [1.82, 2.24) is 0 Å². The van der Waals surface area contributed by atoms with Crippen LogP contribution in [0.5, 0.6) is 5.75 Å². The van der Waals surface area contributed by atoms with E-state index in [9.17, 15) is 14.4 Å². The number of hydrogen-bond acceptors (Lipinski definition) is 7. The Bertz CT molecular complexity index is 1780. The second-order valence-electron chi connectivity index (χ2n) is 10.3. The second-order valence-corrected chi connectivity index (χ2v) is 10.3. The van der Waals surface area contributed by atoms with E-state index in [2.05, 4.69) is 0 Å². The third-order valence-corrected chi connectivity index (χ3v) is 7.23. The van der Waals surface area contributed by atoms with Gasteiger partial charge in [-0.05, 0) is 94.9 Å². The number of methoxy groups -OCH3 is 1. The number of carbonyl (C=O) groups excluding carboxylic acids is 3. The topological polar surface area (TPSA) is 88.1 Å². The molecule has 0 saturated heterocycles. The van der Waals surface area contributed by atoms with Crippen LogP contribution < -0.4 is 4.74 Å². The fraction of sp³-hybridized carbons (Fsp3) is 0.132. The lowest BCUT2D eigenvalue weighted by atomic mass is 9.98. The van der Waals surface area contributed by atoms with Gasteiger partial charge in [0.25, 0.3) is 0 Å². The highest BCUT2D eigenvalue weighted by molar-refractivity contribution is 5.91. The zero-order chi connectivity index (χ0) is 31.6. The van der Waals surface area contributed by atoms with E-state index in [1.165, 1.54) is 7.11 Å². The van der Waals surface area contributed by atoms with Gasteiger partial charge in [0.05, 0.1) is 23.8 Å². The second kappa shape index (κ2) is 14.7. The summed E-state index contributed by atoms with van der Waals surface area (Å²) in [6.45, 7) is 2.25. The third-order valence-electron chi connectivity index (χ3n) is 7.23. The largest absolute Gasteiger partial charge is 0.489 e. The molecule has 0 aliphatic heterocycles. The predicted octanol–water partition coefficient (Wildman–Crippen LogP) is 7.74. The molecule has 0 unspecified atom stereocenters. The highest BCUT2D eigenvalue weighted by Crippen LogP contribution is 2.27. The first-order chi connectivity index (χ1) is 21.9. The molecule has 0 atom stereocenters. The monoisotopic (exact) mass is 600 g/mol. The highest BCUT2D eigenvalue weighted by Gasteiger charge is 2.14. The van der Waals surface area contributed by atoms with Crippen LogP contribution in [0.15, 0.2) is 121 Å². The molecule has 0 saturated carbocycles. The summed E-state index contributed by atoms with van der Waals surface area (Å²) in [5.74, 6) is -0.569. The van der Waals surface area contributed by atoms with Crippen molar-refractivity contribution >= 4 is 17.9 Å². The number of aryl methyl sites for hydroxylation is 1. The summed E-state index contributed by atoms with van der Waals surface area (Å²) in [5.41, 5.74) is 6.67. The number of ether oxygens (including phenoxy) is 4. The molecular weight excluding hydrogens is 568 g/mol. The van der Waals surface area contributed by atoms with E-state index in [1.54, 1.807) is 54.6 Å². The van der Waals surface area contributed by atoms with Crippen LogP contribution in [0, 0.1) is 6.92 Å². The Kier molecular flexibility index (Phi) is 10.0. The smallest absolute Gasteiger partial charge is 0.338 e. The minimum atomic E-state index is -0.445.